The zero-order valence-corrected chi connectivity index (χ0v) is 19.8. The van der Waals surface area contributed by atoms with Gasteiger partial charge in [-0.25, -0.2) is 25.6 Å². The summed E-state index contributed by atoms with van der Waals surface area (Å²) in [5.74, 6) is -48.3. The summed E-state index contributed by atoms with van der Waals surface area (Å²) in [5, 5.41) is -14.7. The summed E-state index contributed by atoms with van der Waals surface area (Å²) in [6, 6.07) is -3.53. The molecule has 27 heteroatoms. The number of rotatable bonds is 9. The molecular weight excluding hydrogens is 680 g/mol. The van der Waals surface area contributed by atoms with Crippen molar-refractivity contribution in [2.24, 2.45) is 0 Å². The molecule has 0 aromatic heterocycles. The second-order valence-electron chi connectivity index (χ2n) is 7.13. The maximum Gasteiger partial charge on any atom is 1.00 e. The normalized spacial score (nSPS) is 15.5. The predicted molar refractivity (Wildman–Crippen MR) is 82.9 cm³/mol. The average Bonchev–Trinajstić information content (AvgIpc) is 2.70. The molecule has 0 amide bonds. The zero-order chi connectivity index (χ0) is 32.7. The van der Waals surface area contributed by atoms with Crippen molar-refractivity contribution in [3.05, 3.63) is 29.3 Å². The van der Waals surface area contributed by atoms with Crippen LogP contribution in [0.25, 0.3) is 0 Å². The maximum atomic E-state index is 14.1. The minimum atomic E-state index is -8.52. The molecule has 0 spiro atoms. The van der Waals surface area contributed by atoms with Crippen LogP contribution in [0.3, 0.4) is 0 Å². The predicted octanol–water partition coefficient (Wildman–Crippen LogP) is 2.67. The first-order valence-corrected chi connectivity index (χ1v) is 11.3. The van der Waals surface area contributed by atoms with E-state index < -0.39 is 100 Å². The Morgan fingerprint density at radius 3 is 1.15 bits per heavy atom. The molecule has 0 saturated carbocycles. The number of sulfone groups is 1. The van der Waals surface area contributed by atoms with E-state index in [1.165, 1.54) is 0 Å². The Balaban J connectivity index is 0.0000160. The van der Waals surface area contributed by atoms with Crippen molar-refractivity contribution in [1.29, 1.82) is 0 Å². The van der Waals surface area contributed by atoms with Crippen LogP contribution in [0, 0.1) is 11.6 Å². The van der Waals surface area contributed by atoms with E-state index in [-0.39, 0.29) is 18.9 Å². The first-order valence-electron chi connectivity index (χ1n) is 8.44. The molecule has 0 heterocycles. The Kier molecular flexibility index (Phi) is 9.81. The van der Waals surface area contributed by atoms with Crippen molar-refractivity contribution in [2.75, 3.05) is 0 Å². The molecule has 1 rings (SSSR count). The number of halogens is 19. The number of benzene rings is 1. The second-order valence-corrected chi connectivity index (χ2v) is 10.5. The molecular formula is C14H2F19LiO5S2. The van der Waals surface area contributed by atoms with Gasteiger partial charge in [0.2, 0.25) is 0 Å². The van der Waals surface area contributed by atoms with Crippen LogP contribution in [0.1, 0.15) is 5.56 Å². The average molecular weight is 682 g/mol. The third-order valence-electron chi connectivity index (χ3n) is 4.55. The van der Waals surface area contributed by atoms with Gasteiger partial charge in [-0.1, -0.05) is 0 Å². The summed E-state index contributed by atoms with van der Waals surface area (Å²) in [6.07, 6.45) is -7.83. The van der Waals surface area contributed by atoms with Crippen LogP contribution in [-0.2, 0) is 25.9 Å². The van der Waals surface area contributed by atoms with Crippen LogP contribution >= 0.6 is 0 Å². The monoisotopic (exact) mass is 682 g/mol. The van der Waals surface area contributed by atoms with Crippen molar-refractivity contribution in [3.8, 4) is 0 Å². The molecule has 0 aliphatic carbocycles. The Morgan fingerprint density at radius 1 is 0.537 bits per heavy atom. The van der Waals surface area contributed by atoms with Crippen LogP contribution in [0.5, 0.6) is 0 Å². The van der Waals surface area contributed by atoms with Crippen molar-refractivity contribution >= 4 is 20.0 Å². The molecule has 0 radical (unpaired) electrons. The van der Waals surface area contributed by atoms with E-state index in [0.29, 0.717) is 0 Å². The largest absolute Gasteiger partial charge is 1.00 e. The van der Waals surface area contributed by atoms with Gasteiger partial charge in [0.05, 0.1) is 0 Å². The molecule has 0 atom stereocenters. The topological polar surface area (TPSA) is 91.3 Å². The summed E-state index contributed by atoms with van der Waals surface area (Å²) >= 11 is 0. The van der Waals surface area contributed by atoms with Gasteiger partial charge in [0.1, 0.15) is 16.5 Å². The SMILES string of the molecule is O=S(=O)([O-])C(F)(F)C(F)(F)S(=O)(=O)c1c(F)cc(C(F)(F)C(F)(F)C(F)(F)C(F)(F)C(F)(F)C(F)(F)F)cc1F.[Li+]. The summed E-state index contributed by atoms with van der Waals surface area (Å²) in [4.78, 5) is -3.65. The fourth-order valence-corrected chi connectivity index (χ4v) is 4.51. The van der Waals surface area contributed by atoms with Gasteiger partial charge in [-0.2, -0.15) is 74.6 Å². The molecule has 0 aliphatic heterocycles. The zero-order valence-electron chi connectivity index (χ0n) is 18.2. The summed E-state index contributed by atoms with van der Waals surface area (Å²) in [7, 11) is -15.7. The Morgan fingerprint density at radius 2 is 0.854 bits per heavy atom. The van der Waals surface area contributed by atoms with Gasteiger partial charge in [-0.15, -0.1) is 0 Å². The number of alkyl halides is 17. The fraction of sp³-hybridized carbons (Fsp3) is 0.571. The second kappa shape index (κ2) is 10.2. The van der Waals surface area contributed by atoms with Gasteiger partial charge in [-0.3, -0.25) is 0 Å². The molecule has 0 aliphatic rings. The minimum absolute atomic E-state index is 0. The molecule has 0 fully saturated rings. The van der Waals surface area contributed by atoms with Crippen LogP contribution in [-0.4, -0.2) is 61.8 Å². The standard InChI is InChI=1S/C14H3F19O5S2.Li/c15-4-1-3(2-5(16)6(4)39(34,35)13(30,31)14(32,33)40(36,37)38)7(17,18)8(19,20)9(21,22)10(23,24)11(25,26)12(27,28)29;/h1-2H,(H,36,37,38);/q;+1/p-1. The van der Waals surface area contributed by atoms with E-state index in [2.05, 4.69) is 0 Å². The van der Waals surface area contributed by atoms with Crippen molar-refractivity contribution in [1.82, 2.24) is 0 Å². The molecule has 1 aromatic rings. The van der Waals surface area contributed by atoms with Crippen molar-refractivity contribution in [3.63, 3.8) is 0 Å². The Labute approximate surface area is 224 Å². The first-order chi connectivity index (χ1) is 17.0. The van der Waals surface area contributed by atoms with Crippen molar-refractivity contribution < 1.29 is 124 Å². The third-order valence-corrected chi connectivity index (χ3v) is 7.43. The maximum absolute atomic E-state index is 14.1. The molecule has 5 nitrogen and oxygen atoms in total. The van der Waals surface area contributed by atoms with Gasteiger partial charge < -0.3 is 4.55 Å². The van der Waals surface area contributed by atoms with Crippen molar-refractivity contribution in [2.45, 2.75) is 51.2 Å². The smallest absolute Gasteiger partial charge is 0.743 e. The summed E-state index contributed by atoms with van der Waals surface area (Å²) < 4.78 is 307. The molecule has 0 N–H and O–H groups in total. The number of hydrogen-bond acceptors (Lipinski definition) is 5. The molecule has 0 saturated heterocycles. The van der Waals surface area contributed by atoms with Gasteiger partial charge in [0.15, 0.2) is 10.1 Å². The van der Waals surface area contributed by atoms with Crippen LogP contribution in [0.15, 0.2) is 17.0 Å². The van der Waals surface area contributed by atoms with Crippen LogP contribution < -0.4 is 18.9 Å². The van der Waals surface area contributed by atoms with E-state index in [1.807, 2.05) is 0 Å². The molecule has 1 aromatic carbocycles. The Hall–Kier alpha value is -1.65. The molecule has 0 bridgehead atoms. The van der Waals surface area contributed by atoms with E-state index in [4.69, 9.17) is 0 Å². The summed E-state index contributed by atoms with van der Waals surface area (Å²) in [5.41, 5.74) is -3.58. The summed E-state index contributed by atoms with van der Waals surface area (Å²) in [6.45, 7) is 0. The van der Waals surface area contributed by atoms with Crippen LogP contribution in [0.2, 0.25) is 0 Å². The number of hydrogen-bond donors (Lipinski definition) is 0. The molecule has 0 unspecified atom stereocenters. The Bertz CT molecular complexity index is 1360. The van der Waals surface area contributed by atoms with E-state index in [1.54, 1.807) is 0 Å². The van der Waals surface area contributed by atoms with Gasteiger partial charge >= 0.3 is 65.2 Å². The third kappa shape index (κ3) is 5.24. The van der Waals surface area contributed by atoms with E-state index >= 15 is 0 Å². The minimum Gasteiger partial charge on any atom is -0.743 e. The van der Waals surface area contributed by atoms with Gasteiger partial charge in [0.25, 0.3) is 9.84 Å². The van der Waals surface area contributed by atoms with Gasteiger partial charge in [-0.05, 0) is 12.1 Å². The molecule has 234 valence electrons. The quantitative estimate of drug-likeness (QED) is 0.227. The fourth-order valence-electron chi connectivity index (χ4n) is 2.38. The molecule has 41 heavy (non-hydrogen) atoms. The van der Waals surface area contributed by atoms with Crippen LogP contribution in [0.4, 0.5) is 83.4 Å². The van der Waals surface area contributed by atoms with E-state index in [0.717, 1.165) is 0 Å². The van der Waals surface area contributed by atoms with Gasteiger partial charge in [0, 0.05) is 5.56 Å². The first kappa shape index (κ1) is 39.3. The van der Waals surface area contributed by atoms with E-state index in [9.17, 15) is 105 Å².